The molecule has 2 aromatic rings. The van der Waals surface area contributed by atoms with Crippen LogP contribution in [0.2, 0.25) is 0 Å². The van der Waals surface area contributed by atoms with Crippen LogP contribution < -0.4 is 4.90 Å². The molecule has 0 spiro atoms. The first-order valence-corrected chi connectivity index (χ1v) is 8.40. The predicted molar refractivity (Wildman–Crippen MR) is 87.1 cm³/mol. The van der Waals surface area contributed by atoms with E-state index in [2.05, 4.69) is 20.0 Å². The Labute approximate surface area is 135 Å². The first kappa shape index (κ1) is 14.4. The monoisotopic (exact) mass is 314 g/mol. The summed E-state index contributed by atoms with van der Waals surface area (Å²) >= 11 is 0. The van der Waals surface area contributed by atoms with Crippen LogP contribution in [0, 0.1) is 5.92 Å². The lowest BCUT2D eigenvalue weighted by atomic mass is 9.95. The Balaban J connectivity index is 1.47. The summed E-state index contributed by atoms with van der Waals surface area (Å²) in [5, 5.41) is 5.26. The average Bonchev–Trinajstić information content (AvgIpc) is 3.25. The van der Waals surface area contributed by atoms with E-state index in [-0.39, 0.29) is 5.92 Å². The lowest BCUT2D eigenvalue weighted by molar-refractivity contribution is -0.135. The van der Waals surface area contributed by atoms with Crippen LogP contribution in [0.25, 0.3) is 11.0 Å². The van der Waals surface area contributed by atoms with Crippen LogP contribution in [0.15, 0.2) is 12.5 Å². The Morgan fingerprint density at radius 3 is 2.61 bits per heavy atom. The molecule has 0 radical (unpaired) electrons. The van der Waals surface area contributed by atoms with Gasteiger partial charge in [0.1, 0.15) is 12.1 Å². The zero-order valence-corrected chi connectivity index (χ0v) is 13.5. The Morgan fingerprint density at radius 2 is 1.87 bits per heavy atom. The number of anilines is 1. The maximum Gasteiger partial charge on any atom is 0.225 e. The Hall–Kier alpha value is -2.18. The van der Waals surface area contributed by atoms with Gasteiger partial charge in [0, 0.05) is 39.1 Å². The molecule has 4 heterocycles. The second-order valence-electron chi connectivity index (χ2n) is 6.50. The van der Waals surface area contributed by atoms with Gasteiger partial charge in [-0.3, -0.25) is 9.48 Å². The largest absolute Gasteiger partial charge is 0.356 e. The van der Waals surface area contributed by atoms with Gasteiger partial charge in [-0.05, 0) is 25.7 Å². The van der Waals surface area contributed by atoms with Crippen LogP contribution in [0.1, 0.15) is 25.7 Å². The third-order valence-corrected chi connectivity index (χ3v) is 5.07. The van der Waals surface area contributed by atoms with Crippen LogP contribution in [0.4, 0.5) is 5.82 Å². The van der Waals surface area contributed by atoms with E-state index in [1.807, 2.05) is 18.1 Å². The average molecular weight is 314 g/mol. The number of likely N-dealkylation sites (tertiary alicyclic amines) is 1. The molecule has 0 unspecified atom stereocenters. The van der Waals surface area contributed by atoms with Crippen molar-refractivity contribution in [3.05, 3.63) is 12.5 Å². The molecule has 0 bridgehead atoms. The summed E-state index contributed by atoms with van der Waals surface area (Å²) in [7, 11) is 1.89. The van der Waals surface area contributed by atoms with Gasteiger partial charge in [0.05, 0.1) is 11.6 Å². The fraction of sp³-hybridized carbons (Fsp3) is 0.625. The first-order chi connectivity index (χ1) is 11.2. The molecular weight excluding hydrogens is 292 g/mol. The molecule has 2 fully saturated rings. The van der Waals surface area contributed by atoms with Crippen molar-refractivity contribution in [1.29, 1.82) is 0 Å². The van der Waals surface area contributed by atoms with Crippen LogP contribution in [-0.2, 0) is 11.8 Å². The van der Waals surface area contributed by atoms with Gasteiger partial charge in [0.15, 0.2) is 5.65 Å². The molecular formula is C16H22N6O. The molecule has 2 aliphatic heterocycles. The maximum atomic E-state index is 12.5. The smallest absolute Gasteiger partial charge is 0.225 e. The molecule has 7 heteroatoms. The van der Waals surface area contributed by atoms with E-state index in [4.69, 9.17) is 0 Å². The second kappa shape index (κ2) is 5.79. The third-order valence-electron chi connectivity index (χ3n) is 5.07. The molecule has 0 aromatic carbocycles. The van der Waals surface area contributed by atoms with Crippen molar-refractivity contribution in [2.45, 2.75) is 25.7 Å². The number of amides is 1. The third kappa shape index (κ3) is 2.54. The summed E-state index contributed by atoms with van der Waals surface area (Å²) in [5.41, 5.74) is 0.852. The molecule has 23 heavy (non-hydrogen) atoms. The number of hydrogen-bond acceptors (Lipinski definition) is 5. The molecule has 2 aromatic heterocycles. The summed E-state index contributed by atoms with van der Waals surface area (Å²) < 4.78 is 1.77. The van der Waals surface area contributed by atoms with Gasteiger partial charge in [-0.15, -0.1) is 0 Å². The van der Waals surface area contributed by atoms with E-state index in [9.17, 15) is 4.79 Å². The Bertz CT molecular complexity index is 712. The minimum absolute atomic E-state index is 0.176. The van der Waals surface area contributed by atoms with Crippen molar-refractivity contribution in [3.63, 3.8) is 0 Å². The minimum atomic E-state index is 0.176. The number of rotatable bonds is 2. The summed E-state index contributed by atoms with van der Waals surface area (Å²) in [6, 6.07) is 0. The van der Waals surface area contributed by atoms with E-state index >= 15 is 0 Å². The number of carbonyl (C=O) groups is 1. The van der Waals surface area contributed by atoms with Gasteiger partial charge in [0.2, 0.25) is 5.91 Å². The maximum absolute atomic E-state index is 12.5. The number of nitrogens with zero attached hydrogens (tertiary/aromatic N) is 6. The fourth-order valence-corrected chi connectivity index (χ4v) is 3.74. The highest BCUT2D eigenvalue weighted by atomic mass is 16.2. The number of hydrogen-bond donors (Lipinski definition) is 0. The van der Waals surface area contributed by atoms with Crippen molar-refractivity contribution in [2.75, 3.05) is 31.1 Å². The lowest BCUT2D eigenvalue weighted by Gasteiger charge is -2.33. The highest BCUT2D eigenvalue weighted by molar-refractivity contribution is 5.87. The van der Waals surface area contributed by atoms with E-state index in [0.29, 0.717) is 5.91 Å². The number of piperidine rings is 1. The molecule has 0 atom stereocenters. The highest BCUT2D eigenvalue weighted by Crippen LogP contribution is 2.28. The standard InChI is InChI=1S/C16H22N6O/c1-20-14-13(10-19-20)15(18-11-17-14)21-8-4-12(5-9-21)16(23)22-6-2-3-7-22/h10-12H,2-9H2,1H3. The molecule has 1 amide bonds. The zero-order valence-electron chi connectivity index (χ0n) is 13.5. The Kier molecular flexibility index (Phi) is 3.63. The molecule has 2 saturated heterocycles. The summed E-state index contributed by atoms with van der Waals surface area (Å²) in [4.78, 5) is 25.6. The van der Waals surface area contributed by atoms with Crippen LogP contribution in [0.3, 0.4) is 0 Å². The van der Waals surface area contributed by atoms with E-state index in [1.54, 1.807) is 11.0 Å². The zero-order chi connectivity index (χ0) is 15.8. The van der Waals surface area contributed by atoms with E-state index in [1.165, 1.54) is 0 Å². The fourth-order valence-electron chi connectivity index (χ4n) is 3.74. The number of carbonyl (C=O) groups excluding carboxylic acids is 1. The number of aromatic nitrogens is 4. The van der Waals surface area contributed by atoms with Crippen LogP contribution in [0.5, 0.6) is 0 Å². The van der Waals surface area contributed by atoms with Crippen LogP contribution in [-0.4, -0.2) is 56.7 Å². The molecule has 122 valence electrons. The van der Waals surface area contributed by atoms with Crippen molar-refractivity contribution < 1.29 is 4.79 Å². The van der Waals surface area contributed by atoms with Gasteiger partial charge < -0.3 is 9.80 Å². The van der Waals surface area contributed by atoms with Crippen molar-refractivity contribution in [3.8, 4) is 0 Å². The van der Waals surface area contributed by atoms with E-state index in [0.717, 1.165) is 68.7 Å². The van der Waals surface area contributed by atoms with Crippen LogP contribution >= 0.6 is 0 Å². The van der Waals surface area contributed by atoms with Gasteiger partial charge >= 0.3 is 0 Å². The first-order valence-electron chi connectivity index (χ1n) is 8.40. The second-order valence-corrected chi connectivity index (χ2v) is 6.50. The van der Waals surface area contributed by atoms with E-state index < -0.39 is 0 Å². The summed E-state index contributed by atoms with van der Waals surface area (Å²) in [5.74, 6) is 1.47. The molecule has 0 N–H and O–H groups in total. The van der Waals surface area contributed by atoms with Gasteiger partial charge in [-0.25, -0.2) is 9.97 Å². The molecule has 0 aliphatic carbocycles. The SMILES string of the molecule is Cn1ncc2c(N3CCC(C(=O)N4CCCC4)CC3)ncnc21. The molecule has 7 nitrogen and oxygen atoms in total. The number of aryl methyl sites for hydroxylation is 1. The van der Waals surface area contributed by atoms with Gasteiger partial charge in [-0.1, -0.05) is 0 Å². The molecule has 2 aliphatic rings. The van der Waals surface area contributed by atoms with Gasteiger partial charge in [0.25, 0.3) is 0 Å². The minimum Gasteiger partial charge on any atom is -0.356 e. The Morgan fingerprint density at radius 1 is 1.13 bits per heavy atom. The molecule has 0 saturated carbocycles. The summed E-state index contributed by atoms with van der Waals surface area (Å²) in [6.45, 7) is 3.62. The van der Waals surface area contributed by atoms with Crippen molar-refractivity contribution in [1.82, 2.24) is 24.6 Å². The normalized spacial score (nSPS) is 19.7. The summed E-state index contributed by atoms with van der Waals surface area (Å²) in [6.07, 6.45) is 7.55. The topological polar surface area (TPSA) is 67.2 Å². The van der Waals surface area contributed by atoms with Crippen molar-refractivity contribution in [2.24, 2.45) is 13.0 Å². The lowest BCUT2D eigenvalue weighted by Crippen LogP contribution is -2.42. The number of fused-ring (bicyclic) bond motifs is 1. The van der Waals surface area contributed by atoms with Gasteiger partial charge in [-0.2, -0.15) is 5.10 Å². The molecule has 4 rings (SSSR count). The quantitative estimate of drug-likeness (QED) is 0.833. The van der Waals surface area contributed by atoms with Crippen molar-refractivity contribution >= 4 is 22.8 Å². The highest BCUT2D eigenvalue weighted by Gasteiger charge is 2.30. The predicted octanol–water partition coefficient (Wildman–Crippen LogP) is 1.20.